The lowest BCUT2D eigenvalue weighted by Gasteiger charge is -2.03. The van der Waals surface area contributed by atoms with Gasteiger partial charge in [0.25, 0.3) is 0 Å². The Morgan fingerprint density at radius 1 is 1.67 bits per heavy atom. The number of amides is 1. The molecule has 0 rings (SSSR count). The van der Waals surface area contributed by atoms with Crippen LogP contribution in [0, 0.1) is 0 Å². The molecular weight excluding hydrogens is 142 g/mol. The summed E-state index contributed by atoms with van der Waals surface area (Å²) in [6, 6.07) is 0. The normalized spacial score (nSPS) is 12.2. The maximum Gasteiger partial charge on any atom is 0.336 e. The summed E-state index contributed by atoms with van der Waals surface area (Å²) >= 11 is 3.53. The summed E-state index contributed by atoms with van der Waals surface area (Å²) in [5.41, 5.74) is 0. The minimum absolute atomic E-state index is 0.405. The molecule has 0 aliphatic rings. The van der Waals surface area contributed by atoms with E-state index in [4.69, 9.17) is 5.11 Å². The molecule has 1 atom stereocenters. The molecule has 9 heavy (non-hydrogen) atoms. The maximum atomic E-state index is 10.1. The topological polar surface area (TPSA) is 66.4 Å². The highest BCUT2D eigenvalue weighted by molar-refractivity contribution is 7.81. The molecular formula is C4H7NO3S. The van der Waals surface area contributed by atoms with Gasteiger partial charge in [0.2, 0.25) is 5.91 Å². The Hall–Kier alpha value is -0.710. The molecule has 4 nitrogen and oxygen atoms in total. The van der Waals surface area contributed by atoms with Gasteiger partial charge in [0.05, 0.1) is 0 Å². The van der Waals surface area contributed by atoms with Crippen LogP contribution in [0.3, 0.4) is 0 Å². The van der Waals surface area contributed by atoms with Crippen LogP contribution in [-0.2, 0) is 9.59 Å². The lowest BCUT2D eigenvalue weighted by atomic mass is 10.6. The summed E-state index contributed by atoms with van der Waals surface area (Å²) in [6.07, 6.45) is 0. The van der Waals surface area contributed by atoms with Crippen molar-refractivity contribution in [2.75, 3.05) is 0 Å². The molecule has 52 valence electrons. The van der Waals surface area contributed by atoms with Gasteiger partial charge in [-0.2, -0.15) is 0 Å². The molecule has 0 aromatic carbocycles. The first-order valence-corrected chi connectivity index (χ1v) is 2.73. The first-order valence-electron chi connectivity index (χ1n) is 2.22. The van der Waals surface area contributed by atoms with Gasteiger partial charge < -0.3 is 10.4 Å². The zero-order chi connectivity index (χ0) is 7.44. The number of rotatable bonds is 2. The molecule has 0 bridgehead atoms. The molecule has 0 heterocycles. The zero-order valence-electron chi connectivity index (χ0n) is 4.79. The third-order valence-corrected chi connectivity index (χ3v) is 0.924. The van der Waals surface area contributed by atoms with Crippen molar-refractivity contribution in [3.8, 4) is 0 Å². The van der Waals surface area contributed by atoms with Gasteiger partial charge in [0.15, 0.2) is 5.37 Å². The summed E-state index contributed by atoms with van der Waals surface area (Å²) in [4.78, 5) is 20.1. The number of carboxylic acid groups (broad SMARTS) is 1. The summed E-state index contributed by atoms with van der Waals surface area (Å²) in [7, 11) is 0. The molecule has 5 heteroatoms. The minimum atomic E-state index is -1.16. The van der Waals surface area contributed by atoms with Gasteiger partial charge in [0, 0.05) is 6.92 Å². The summed E-state index contributed by atoms with van der Waals surface area (Å²) < 4.78 is 0. The summed E-state index contributed by atoms with van der Waals surface area (Å²) in [5, 5.41) is 9.11. The van der Waals surface area contributed by atoms with Crippen LogP contribution in [0.25, 0.3) is 0 Å². The van der Waals surface area contributed by atoms with Crippen LogP contribution in [0.15, 0.2) is 0 Å². The fraction of sp³-hybridized carbons (Fsp3) is 0.500. The van der Waals surface area contributed by atoms with Gasteiger partial charge in [-0.1, -0.05) is 0 Å². The lowest BCUT2D eigenvalue weighted by molar-refractivity contribution is -0.138. The van der Waals surface area contributed by atoms with E-state index in [2.05, 4.69) is 17.9 Å². The minimum Gasteiger partial charge on any atom is -0.479 e. The summed E-state index contributed by atoms with van der Waals surface area (Å²) in [5.74, 6) is -1.56. The van der Waals surface area contributed by atoms with Crippen LogP contribution in [0.4, 0.5) is 0 Å². The first-order chi connectivity index (χ1) is 4.04. The molecule has 2 N–H and O–H groups in total. The number of hydrogen-bond acceptors (Lipinski definition) is 3. The Morgan fingerprint density at radius 3 is 2.22 bits per heavy atom. The lowest BCUT2D eigenvalue weighted by Crippen LogP contribution is -2.34. The molecule has 0 saturated carbocycles. The van der Waals surface area contributed by atoms with E-state index in [1.165, 1.54) is 6.92 Å². The van der Waals surface area contributed by atoms with Gasteiger partial charge in [-0.15, -0.1) is 12.6 Å². The van der Waals surface area contributed by atoms with Crippen LogP contribution in [0.1, 0.15) is 6.92 Å². The fourth-order valence-corrected chi connectivity index (χ4v) is 0.436. The number of hydrogen-bond donors (Lipinski definition) is 3. The maximum absolute atomic E-state index is 10.1. The number of carboxylic acids is 1. The van der Waals surface area contributed by atoms with E-state index < -0.39 is 17.3 Å². The second-order valence-corrected chi connectivity index (χ2v) is 1.96. The largest absolute Gasteiger partial charge is 0.479 e. The summed E-state index contributed by atoms with van der Waals surface area (Å²) in [6.45, 7) is 1.23. The van der Waals surface area contributed by atoms with Gasteiger partial charge in [0.1, 0.15) is 0 Å². The molecule has 0 aliphatic heterocycles. The Morgan fingerprint density at radius 2 is 2.11 bits per heavy atom. The van der Waals surface area contributed by atoms with E-state index in [-0.39, 0.29) is 0 Å². The average Bonchev–Trinajstić information content (AvgIpc) is 1.63. The van der Waals surface area contributed by atoms with Gasteiger partial charge in [-0.3, -0.25) is 4.79 Å². The van der Waals surface area contributed by atoms with Crippen molar-refractivity contribution in [3.05, 3.63) is 0 Å². The Kier molecular flexibility index (Phi) is 3.08. The first kappa shape index (κ1) is 8.29. The number of carbonyl (C=O) groups is 2. The number of aliphatic carboxylic acids is 1. The molecule has 0 unspecified atom stereocenters. The predicted octanol–water partition coefficient (Wildman–Crippen LogP) is -0.537. The monoisotopic (exact) mass is 149 g/mol. The Labute approximate surface area is 57.7 Å². The van der Waals surface area contributed by atoms with E-state index in [1.807, 2.05) is 0 Å². The molecule has 0 radical (unpaired) electrons. The Balaban J connectivity index is 3.63. The molecule has 0 aromatic heterocycles. The van der Waals surface area contributed by atoms with Crippen LogP contribution in [0.2, 0.25) is 0 Å². The van der Waals surface area contributed by atoms with Crippen molar-refractivity contribution in [2.24, 2.45) is 0 Å². The second-order valence-electron chi connectivity index (χ2n) is 1.44. The van der Waals surface area contributed by atoms with Gasteiger partial charge >= 0.3 is 5.97 Å². The van der Waals surface area contributed by atoms with Crippen molar-refractivity contribution in [1.82, 2.24) is 5.32 Å². The van der Waals surface area contributed by atoms with E-state index in [1.54, 1.807) is 0 Å². The molecule has 0 spiro atoms. The second kappa shape index (κ2) is 3.34. The van der Waals surface area contributed by atoms with E-state index in [9.17, 15) is 9.59 Å². The van der Waals surface area contributed by atoms with E-state index in [0.717, 1.165) is 0 Å². The van der Waals surface area contributed by atoms with Crippen LogP contribution in [0.5, 0.6) is 0 Å². The fourth-order valence-electron chi connectivity index (χ4n) is 0.254. The smallest absolute Gasteiger partial charge is 0.336 e. The van der Waals surface area contributed by atoms with Crippen molar-refractivity contribution < 1.29 is 14.7 Å². The number of thiol groups is 1. The highest BCUT2D eigenvalue weighted by atomic mass is 32.1. The van der Waals surface area contributed by atoms with Crippen LogP contribution in [-0.4, -0.2) is 22.4 Å². The Bertz CT molecular complexity index is 136. The van der Waals surface area contributed by atoms with Crippen LogP contribution >= 0.6 is 12.6 Å². The van der Waals surface area contributed by atoms with Crippen molar-refractivity contribution in [1.29, 1.82) is 0 Å². The molecule has 0 saturated heterocycles. The standard InChI is InChI=1S/C4H7NO3S/c1-2(6)5-3(9)4(7)8/h3,9H,1H3,(H,5,6)(H,7,8)/t3-/m0/s1. The van der Waals surface area contributed by atoms with E-state index in [0.29, 0.717) is 0 Å². The third-order valence-electron chi connectivity index (χ3n) is 0.574. The SMILES string of the molecule is CC(=O)N[C@@H](S)C(=O)O. The molecule has 0 fully saturated rings. The number of carbonyl (C=O) groups excluding carboxylic acids is 1. The highest BCUT2D eigenvalue weighted by Gasteiger charge is 2.10. The predicted molar refractivity (Wildman–Crippen MR) is 34.2 cm³/mol. The van der Waals surface area contributed by atoms with Crippen molar-refractivity contribution in [2.45, 2.75) is 12.3 Å². The zero-order valence-corrected chi connectivity index (χ0v) is 5.68. The van der Waals surface area contributed by atoms with Crippen molar-refractivity contribution >= 4 is 24.5 Å². The van der Waals surface area contributed by atoms with E-state index >= 15 is 0 Å². The molecule has 0 aromatic rings. The van der Waals surface area contributed by atoms with Crippen LogP contribution < -0.4 is 5.32 Å². The average molecular weight is 149 g/mol. The van der Waals surface area contributed by atoms with Gasteiger partial charge in [-0.25, -0.2) is 4.79 Å². The quantitative estimate of drug-likeness (QED) is 0.365. The molecule has 0 aliphatic carbocycles. The number of nitrogens with one attached hydrogen (secondary N) is 1. The highest BCUT2D eigenvalue weighted by Crippen LogP contribution is 1.87. The van der Waals surface area contributed by atoms with Gasteiger partial charge in [-0.05, 0) is 0 Å². The third kappa shape index (κ3) is 3.84. The molecule has 1 amide bonds. The van der Waals surface area contributed by atoms with Crippen molar-refractivity contribution in [3.63, 3.8) is 0 Å².